The van der Waals surface area contributed by atoms with Crippen molar-refractivity contribution < 1.29 is 17.9 Å². The van der Waals surface area contributed by atoms with Crippen LogP contribution in [0.4, 0.5) is 19.1 Å². The van der Waals surface area contributed by atoms with Crippen LogP contribution in [-0.2, 0) is 6.18 Å². The largest absolute Gasteiger partial charge is 0.493 e. The Morgan fingerprint density at radius 2 is 1.90 bits per heavy atom. The maximum atomic E-state index is 12.7. The molecule has 0 amide bonds. The molecule has 0 aliphatic rings. The molecule has 2 N–H and O–H groups in total. The first-order chi connectivity index (χ1) is 9.41. The minimum absolute atomic E-state index is 0.0777. The van der Waals surface area contributed by atoms with Crippen molar-refractivity contribution in [3.05, 3.63) is 36.0 Å². The Hall–Kier alpha value is -2.31. The van der Waals surface area contributed by atoms with Crippen LogP contribution in [0.15, 0.2) is 30.3 Å². The summed E-state index contributed by atoms with van der Waals surface area (Å²) in [4.78, 5) is 7.05. The molecule has 1 heterocycles. The molecule has 0 aliphatic carbocycles. The van der Waals surface area contributed by atoms with Crippen LogP contribution in [0.3, 0.4) is 0 Å². The predicted octanol–water partition coefficient (Wildman–Crippen LogP) is 3.14. The molecule has 0 bridgehead atoms. The molecule has 106 valence electrons. The molecule has 0 spiro atoms. The van der Waals surface area contributed by atoms with Gasteiger partial charge in [0, 0.05) is 5.56 Å². The van der Waals surface area contributed by atoms with Gasteiger partial charge in [0.2, 0.25) is 5.95 Å². The first kappa shape index (κ1) is 14.1. The van der Waals surface area contributed by atoms with Crippen molar-refractivity contribution in [2.45, 2.75) is 13.1 Å². The summed E-state index contributed by atoms with van der Waals surface area (Å²) in [5.74, 6) is 0.0161. The van der Waals surface area contributed by atoms with Gasteiger partial charge in [0.25, 0.3) is 0 Å². The molecule has 0 saturated heterocycles. The highest BCUT2D eigenvalue weighted by atomic mass is 19.4. The number of nitrogen functional groups attached to an aromatic ring is 1. The fourth-order valence-corrected chi connectivity index (χ4v) is 1.71. The zero-order valence-electron chi connectivity index (χ0n) is 10.6. The van der Waals surface area contributed by atoms with Gasteiger partial charge in [0.1, 0.15) is 5.75 Å². The molecule has 2 aromatic rings. The molecule has 0 saturated carbocycles. The minimum Gasteiger partial charge on any atom is -0.493 e. The van der Waals surface area contributed by atoms with E-state index in [1.807, 2.05) is 0 Å². The van der Waals surface area contributed by atoms with Crippen molar-refractivity contribution in [1.29, 1.82) is 0 Å². The van der Waals surface area contributed by atoms with Crippen LogP contribution in [0.5, 0.6) is 5.75 Å². The molecule has 1 aromatic carbocycles. The Labute approximate surface area is 113 Å². The summed E-state index contributed by atoms with van der Waals surface area (Å²) in [7, 11) is 0. The fraction of sp³-hybridized carbons (Fsp3) is 0.231. The number of nitrogens with two attached hydrogens (primary N) is 1. The summed E-state index contributed by atoms with van der Waals surface area (Å²) in [5.41, 5.74) is 4.79. The van der Waals surface area contributed by atoms with Crippen molar-refractivity contribution in [3.8, 4) is 17.0 Å². The van der Waals surface area contributed by atoms with Crippen molar-refractivity contribution in [1.82, 2.24) is 9.97 Å². The molecule has 1 aromatic heterocycles. The van der Waals surface area contributed by atoms with Crippen LogP contribution in [0.25, 0.3) is 11.3 Å². The molecule has 2 rings (SSSR count). The number of benzene rings is 1. The summed E-state index contributed by atoms with van der Waals surface area (Å²) in [6, 6.07) is 7.54. The first-order valence-corrected chi connectivity index (χ1v) is 5.85. The lowest BCUT2D eigenvalue weighted by Crippen LogP contribution is -2.11. The van der Waals surface area contributed by atoms with E-state index in [1.54, 1.807) is 31.2 Å². The van der Waals surface area contributed by atoms with E-state index < -0.39 is 17.8 Å². The highest BCUT2D eigenvalue weighted by Gasteiger charge is 2.33. The molecule has 0 radical (unpaired) electrons. The Bertz CT molecular complexity index is 614. The topological polar surface area (TPSA) is 61.0 Å². The lowest BCUT2D eigenvalue weighted by atomic mass is 10.1. The highest BCUT2D eigenvalue weighted by molar-refractivity contribution is 5.68. The Kier molecular flexibility index (Phi) is 3.78. The van der Waals surface area contributed by atoms with Crippen LogP contribution < -0.4 is 10.5 Å². The number of ether oxygens (including phenoxy) is 1. The average Bonchev–Trinajstić information content (AvgIpc) is 2.38. The lowest BCUT2D eigenvalue weighted by Gasteiger charge is -2.12. The molecule has 0 fully saturated rings. The highest BCUT2D eigenvalue weighted by Crippen LogP contribution is 2.33. The zero-order valence-corrected chi connectivity index (χ0v) is 10.6. The van der Waals surface area contributed by atoms with E-state index >= 15 is 0 Å². The third-order valence-electron chi connectivity index (χ3n) is 2.50. The minimum atomic E-state index is -4.58. The van der Waals surface area contributed by atoms with Crippen LogP contribution >= 0.6 is 0 Å². The van der Waals surface area contributed by atoms with Gasteiger partial charge in [-0.25, -0.2) is 9.97 Å². The zero-order chi connectivity index (χ0) is 14.8. The van der Waals surface area contributed by atoms with Gasteiger partial charge in [0.15, 0.2) is 5.69 Å². The second kappa shape index (κ2) is 5.36. The number of hydrogen-bond donors (Lipinski definition) is 1. The van der Waals surface area contributed by atoms with E-state index in [0.717, 1.165) is 6.07 Å². The van der Waals surface area contributed by atoms with Crippen molar-refractivity contribution in [3.63, 3.8) is 0 Å². The molecule has 0 atom stereocenters. The Morgan fingerprint density at radius 1 is 1.20 bits per heavy atom. The number of rotatable bonds is 3. The predicted molar refractivity (Wildman–Crippen MR) is 68.1 cm³/mol. The van der Waals surface area contributed by atoms with Crippen LogP contribution in [0.2, 0.25) is 0 Å². The average molecular weight is 283 g/mol. The number of aromatic nitrogens is 2. The summed E-state index contributed by atoms with van der Waals surface area (Å²) in [6.45, 7) is 2.18. The van der Waals surface area contributed by atoms with Crippen molar-refractivity contribution in [2.24, 2.45) is 0 Å². The van der Waals surface area contributed by atoms with Crippen molar-refractivity contribution in [2.75, 3.05) is 12.3 Å². The van der Waals surface area contributed by atoms with Gasteiger partial charge in [-0.15, -0.1) is 0 Å². The number of alkyl halides is 3. The normalized spacial score (nSPS) is 11.4. The maximum Gasteiger partial charge on any atom is 0.433 e. The van der Waals surface area contributed by atoms with Crippen LogP contribution in [-0.4, -0.2) is 16.6 Å². The molecule has 20 heavy (non-hydrogen) atoms. The summed E-state index contributed by atoms with van der Waals surface area (Å²) in [6.07, 6.45) is -4.58. The third kappa shape index (κ3) is 2.98. The lowest BCUT2D eigenvalue weighted by molar-refractivity contribution is -0.141. The number of hydrogen-bond acceptors (Lipinski definition) is 4. The van der Waals surface area contributed by atoms with Gasteiger partial charge in [0.05, 0.1) is 12.3 Å². The second-order valence-corrected chi connectivity index (χ2v) is 3.92. The van der Waals surface area contributed by atoms with Crippen LogP contribution in [0, 0.1) is 0 Å². The van der Waals surface area contributed by atoms with E-state index in [4.69, 9.17) is 10.5 Å². The maximum absolute atomic E-state index is 12.7. The quantitative estimate of drug-likeness (QED) is 0.940. The second-order valence-electron chi connectivity index (χ2n) is 3.92. The van der Waals surface area contributed by atoms with Gasteiger partial charge < -0.3 is 10.5 Å². The Morgan fingerprint density at radius 3 is 2.55 bits per heavy atom. The first-order valence-electron chi connectivity index (χ1n) is 5.85. The smallest absolute Gasteiger partial charge is 0.433 e. The third-order valence-corrected chi connectivity index (χ3v) is 2.50. The van der Waals surface area contributed by atoms with E-state index in [1.165, 1.54) is 0 Å². The van der Waals surface area contributed by atoms with Gasteiger partial charge in [-0.2, -0.15) is 13.2 Å². The molecular weight excluding hydrogens is 271 g/mol. The molecule has 7 heteroatoms. The standard InChI is InChI=1S/C13H12F3N3O/c1-2-20-10-6-4-3-5-8(10)9-7-11(13(14,15)16)19-12(17)18-9/h3-7H,2H2,1H3,(H2,17,18,19). The SMILES string of the molecule is CCOc1ccccc1-c1cc(C(F)(F)F)nc(N)n1. The number of nitrogens with zero attached hydrogens (tertiary/aromatic N) is 2. The van der Waals surface area contributed by atoms with Gasteiger partial charge >= 0.3 is 6.18 Å². The number of para-hydroxylation sites is 1. The molecular formula is C13H12F3N3O. The monoisotopic (exact) mass is 283 g/mol. The summed E-state index contributed by atoms with van der Waals surface area (Å²) in [5, 5.41) is 0. The summed E-state index contributed by atoms with van der Waals surface area (Å²) >= 11 is 0. The molecule has 0 aliphatic heterocycles. The number of halogens is 3. The van der Waals surface area contributed by atoms with Crippen LogP contribution in [0.1, 0.15) is 12.6 Å². The van der Waals surface area contributed by atoms with E-state index in [0.29, 0.717) is 17.9 Å². The van der Waals surface area contributed by atoms with E-state index in [9.17, 15) is 13.2 Å². The Balaban J connectivity index is 2.56. The van der Waals surface area contributed by atoms with Gasteiger partial charge in [-0.1, -0.05) is 12.1 Å². The van der Waals surface area contributed by atoms with Gasteiger partial charge in [-0.3, -0.25) is 0 Å². The van der Waals surface area contributed by atoms with E-state index in [2.05, 4.69) is 9.97 Å². The molecule has 0 unspecified atom stereocenters. The van der Waals surface area contributed by atoms with Crippen molar-refractivity contribution >= 4 is 5.95 Å². The fourth-order valence-electron chi connectivity index (χ4n) is 1.71. The van der Waals surface area contributed by atoms with E-state index in [-0.39, 0.29) is 5.69 Å². The van der Waals surface area contributed by atoms with Gasteiger partial charge in [-0.05, 0) is 25.1 Å². The summed E-state index contributed by atoms with van der Waals surface area (Å²) < 4.78 is 43.6. The molecule has 4 nitrogen and oxygen atoms in total. The number of anilines is 1.